The van der Waals surface area contributed by atoms with E-state index in [4.69, 9.17) is 4.74 Å². The number of hydrogen-bond donors (Lipinski definition) is 2. The van der Waals surface area contributed by atoms with E-state index in [0.29, 0.717) is 13.2 Å². The van der Waals surface area contributed by atoms with E-state index < -0.39 is 0 Å². The van der Waals surface area contributed by atoms with E-state index in [-0.39, 0.29) is 11.9 Å². The number of nitrogens with one attached hydrogen (secondary N) is 2. The van der Waals surface area contributed by atoms with Gasteiger partial charge < -0.3 is 15.4 Å². The van der Waals surface area contributed by atoms with Crippen LogP contribution in [-0.4, -0.2) is 25.6 Å². The minimum atomic E-state index is 0.0464. The minimum absolute atomic E-state index is 0.0464. The highest BCUT2D eigenvalue weighted by atomic mass is 16.5. The van der Waals surface area contributed by atoms with Gasteiger partial charge in [-0.3, -0.25) is 4.79 Å². The minimum Gasteiger partial charge on any atom is -0.493 e. The van der Waals surface area contributed by atoms with Gasteiger partial charge in [0.1, 0.15) is 5.75 Å². The van der Waals surface area contributed by atoms with Gasteiger partial charge in [-0.05, 0) is 19.0 Å². The van der Waals surface area contributed by atoms with Crippen LogP contribution in [0, 0.1) is 0 Å². The lowest BCUT2D eigenvalue weighted by Gasteiger charge is -2.26. The van der Waals surface area contributed by atoms with E-state index in [9.17, 15) is 4.79 Å². The van der Waals surface area contributed by atoms with Crippen LogP contribution in [0.15, 0.2) is 24.3 Å². The Morgan fingerprint density at radius 2 is 2.28 bits per heavy atom. The number of carbonyl (C=O) groups is 1. The van der Waals surface area contributed by atoms with Crippen molar-refractivity contribution in [2.24, 2.45) is 0 Å². The van der Waals surface area contributed by atoms with Gasteiger partial charge in [-0.1, -0.05) is 25.1 Å². The monoisotopic (exact) mass is 248 g/mol. The lowest BCUT2D eigenvalue weighted by molar-refractivity contribution is -0.121. The standard InChI is InChI=1S/C14H20N2O2/c1-2-8-15-10-14(17)16-12-7-9-18-13-6-4-3-5-11(12)13/h3-6,12,15H,2,7-10H2,1H3,(H,16,17). The van der Waals surface area contributed by atoms with Crippen LogP contribution in [0.5, 0.6) is 5.75 Å². The summed E-state index contributed by atoms with van der Waals surface area (Å²) in [6.07, 6.45) is 1.86. The van der Waals surface area contributed by atoms with Gasteiger partial charge in [-0.15, -0.1) is 0 Å². The third kappa shape index (κ3) is 3.23. The van der Waals surface area contributed by atoms with E-state index in [0.717, 1.165) is 30.7 Å². The number of carbonyl (C=O) groups excluding carboxylic acids is 1. The van der Waals surface area contributed by atoms with Crippen LogP contribution < -0.4 is 15.4 Å². The molecule has 0 saturated heterocycles. The van der Waals surface area contributed by atoms with E-state index in [2.05, 4.69) is 17.6 Å². The van der Waals surface area contributed by atoms with E-state index in [1.807, 2.05) is 24.3 Å². The Bertz CT molecular complexity index is 407. The molecule has 1 unspecified atom stereocenters. The molecule has 2 rings (SSSR count). The number of rotatable bonds is 5. The molecule has 2 N–H and O–H groups in total. The highest BCUT2D eigenvalue weighted by Gasteiger charge is 2.22. The molecule has 0 aliphatic carbocycles. The molecule has 1 aliphatic rings. The van der Waals surface area contributed by atoms with Crippen molar-refractivity contribution in [3.05, 3.63) is 29.8 Å². The van der Waals surface area contributed by atoms with Gasteiger partial charge in [0.15, 0.2) is 0 Å². The molecule has 18 heavy (non-hydrogen) atoms. The van der Waals surface area contributed by atoms with Crippen LogP contribution in [-0.2, 0) is 4.79 Å². The molecule has 0 bridgehead atoms. The first-order chi connectivity index (χ1) is 8.81. The number of amides is 1. The second kappa shape index (κ2) is 6.40. The molecule has 4 nitrogen and oxygen atoms in total. The Balaban J connectivity index is 1.92. The maximum atomic E-state index is 11.8. The molecule has 4 heteroatoms. The summed E-state index contributed by atoms with van der Waals surface area (Å²) in [7, 11) is 0. The molecular weight excluding hydrogens is 228 g/mol. The predicted octanol–water partition coefficient (Wildman–Crippen LogP) is 1.63. The quantitative estimate of drug-likeness (QED) is 0.779. The zero-order chi connectivity index (χ0) is 12.8. The molecule has 1 amide bonds. The first kappa shape index (κ1) is 12.9. The fraction of sp³-hybridized carbons (Fsp3) is 0.500. The van der Waals surface area contributed by atoms with Crippen molar-refractivity contribution < 1.29 is 9.53 Å². The van der Waals surface area contributed by atoms with Gasteiger partial charge in [-0.25, -0.2) is 0 Å². The van der Waals surface area contributed by atoms with Gasteiger partial charge in [0.05, 0.1) is 19.2 Å². The van der Waals surface area contributed by atoms with E-state index in [1.165, 1.54) is 0 Å². The van der Waals surface area contributed by atoms with Gasteiger partial charge in [0.25, 0.3) is 0 Å². The molecule has 1 aliphatic heterocycles. The molecule has 1 heterocycles. The molecule has 1 aromatic rings. The third-order valence-electron chi connectivity index (χ3n) is 3.01. The molecule has 0 aromatic heterocycles. The van der Waals surface area contributed by atoms with Crippen molar-refractivity contribution in [3.63, 3.8) is 0 Å². The van der Waals surface area contributed by atoms with E-state index in [1.54, 1.807) is 0 Å². The Labute approximate surface area is 108 Å². The maximum absolute atomic E-state index is 11.8. The van der Waals surface area contributed by atoms with Crippen molar-refractivity contribution in [2.45, 2.75) is 25.8 Å². The summed E-state index contributed by atoms with van der Waals surface area (Å²) in [5.41, 5.74) is 1.08. The summed E-state index contributed by atoms with van der Waals surface area (Å²) in [6, 6.07) is 7.96. The maximum Gasteiger partial charge on any atom is 0.234 e. The summed E-state index contributed by atoms with van der Waals surface area (Å²) < 4.78 is 5.57. The Morgan fingerprint density at radius 1 is 1.44 bits per heavy atom. The Hall–Kier alpha value is -1.55. The first-order valence-electron chi connectivity index (χ1n) is 6.53. The highest BCUT2D eigenvalue weighted by Crippen LogP contribution is 2.31. The molecule has 1 atom stereocenters. The van der Waals surface area contributed by atoms with Crippen molar-refractivity contribution in [3.8, 4) is 5.75 Å². The molecular formula is C14H20N2O2. The lowest BCUT2D eigenvalue weighted by atomic mass is 10.0. The second-order valence-corrected chi connectivity index (χ2v) is 4.47. The summed E-state index contributed by atoms with van der Waals surface area (Å²) in [5.74, 6) is 0.931. The van der Waals surface area contributed by atoms with Crippen LogP contribution in [0.3, 0.4) is 0 Å². The van der Waals surface area contributed by atoms with Crippen LogP contribution in [0.1, 0.15) is 31.4 Å². The molecule has 0 radical (unpaired) electrons. The summed E-state index contributed by atoms with van der Waals surface area (Å²) in [5, 5.41) is 6.16. The normalized spacial score (nSPS) is 17.7. The van der Waals surface area contributed by atoms with Crippen molar-refractivity contribution in [1.82, 2.24) is 10.6 Å². The number of hydrogen-bond acceptors (Lipinski definition) is 3. The molecule has 0 spiro atoms. The molecule has 0 saturated carbocycles. The first-order valence-corrected chi connectivity index (χ1v) is 6.53. The zero-order valence-corrected chi connectivity index (χ0v) is 10.7. The van der Waals surface area contributed by atoms with Crippen LogP contribution in [0.2, 0.25) is 0 Å². The summed E-state index contributed by atoms with van der Waals surface area (Å²) >= 11 is 0. The van der Waals surface area contributed by atoms with Crippen LogP contribution in [0.4, 0.5) is 0 Å². The van der Waals surface area contributed by atoms with Crippen molar-refractivity contribution in [1.29, 1.82) is 0 Å². The Morgan fingerprint density at radius 3 is 3.11 bits per heavy atom. The third-order valence-corrected chi connectivity index (χ3v) is 3.01. The summed E-state index contributed by atoms with van der Waals surface area (Å²) in [4.78, 5) is 11.8. The Kier molecular flexibility index (Phi) is 4.59. The number of para-hydroxylation sites is 1. The lowest BCUT2D eigenvalue weighted by Crippen LogP contribution is -2.38. The van der Waals surface area contributed by atoms with Gasteiger partial charge in [0.2, 0.25) is 5.91 Å². The van der Waals surface area contributed by atoms with Crippen molar-refractivity contribution >= 4 is 5.91 Å². The molecule has 98 valence electrons. The molecule has 1 aromatic carbocycles. The van der Waals surface area contributed by atoms with Crippen molar-refractivity contribution in [2.75, 3.05) is 19.7 Å². The highest BCUT2D eigenvalue weighted by molar-refractivity contribution is 5.78. The van der Waals surface area contributed by atoms with Gasteiger partial charge >= 0.3 is 0 Å². The SMILES string of the molecule is CCCNCC(=O)NC1CCOc2ccccc21. The molecule has 0 fully saturated rings. The summed E-state index contributed by atoms with van der Waals surface area (Å²) in [6.45, 7) is 4.00. The van der Waals surface area contributed by atoms with E-state index >= 15 is 0 Å². The smallest absolute Gasteiger partial charge is 0.234 e. The predicted molar refractivity (Wildman–Crippen MR) is 70.6 cm³/mol. The number of ether oxygens (including phenoxy) is 1. The topological polar surface area (TPSA) is 50.4 Å². The number of fused-ring (bicyclic) bond motifs is 1. The zero-order valence-electron chi connectivity index (χ0n) is 10.7. The van der Waals surface area contributed by atoms with Crippen LogP contribution >= 0.6 is 0 Å². The average molecular weight is 248 g/mol. The van der Waals surface area contributed by atoms with Gasteiger partial charge in [0, 0.05) is 12.0 Å². The average Bonchev–Trinajstić information content (AvgIpc) is 2.39. The number of benzene rings is 1. The largest absolute Gasteiger partial charge is 0.493 e. The fourth-order valence-corrected chi connectivity index (χ4v) is 2.12. The van der Waals surface area contributed by atoms with Crippen LogP contribution in [0.25, 0.3) is 0 Å². The van der Waals surface area contributed by atoms with Gasteiger partial charge in [-0.2, -0.15) is 0 Å². The second-order valence-electron chi connectivity index (χ2n) is 4.47. The fourth-order valence-electron chi connectivity index (χ4n) is 2.12.